The molecule has 2 saturated heterocycles. The second-order valence-corrected chi connectivity index (χ2v) is 8.12. The molecule has 0 unspecified atom stereocenters. The van der Waals surface area contributed by atoms with E-state index in [1.165, 1.54) is 24.9 Å². The van der Waals surface area contributed by atoms with Gasteiger partial charge in [-0.05, 0) is 62.6 Å². The lowest BCUT2D eigenvalue weighted by Crippen LogP contribution is -2.50. The predicted molar refractivity (Wildman–Crippen MR) is 117 cm³/mol. The zero-order chi connectivity index (χ0) is 20.9. The maximum Gasteiger partial charge on any atom is 0.289 e. The number of carbonyl (C=O) groups excluding carboxylic acids is 2. The number of benzene rings is 1. The number of furan rings is 1. The van der Waals surface area contributed by atoms with Gasteiger partial charge < -0.3 is 19.5 Å². The van der Waals surface area contributed by atoms with Gasteiger partial charge in [-0.1, -0.05) is 0 Å². The Hall–Kier alpha value is -2.80. The van der Waals surface area contributed by atoms with Crippen LogP contribution in [0.5, 0.6) is 0 Å². The van der Waals surface area contributed by atoms with Crippen LogP contribution < -0.4 is 10.2 Å². The van der Waals surface area contributed by atoms with Crippen molar-refractivity contribution in [2.45, 2.75) is 26.2 Å². The lowest BCUT2D eigenvalue weighted by Gasteiger charge is -2.33. The summed E-state index contributed by atoms with van der Waals surface area (Å²) in [4.78, 5) is 31.2. The number of piperidine rings is 1. The van der Waals surface area contributed by atoms with Crippen molar-refractivity contribution in [1.29, 1.82) is 0 Å². The largest absolute Gasteiger partial charge is 0.456 e. The molecule has 1 aromatic carbocycles. The highest BCUT2D eigenvalue weighted by Crippen LogP contribution is 2.22. The molecule has 160 valence electrons. The molecule has 0 saturated carbocycles. The second kappa shape index (κ2) is 9.34. The fourth-order valence-electron chi connectivity index (χ4n) is 4.13. The Morgan fingerprint density at radius 2 is 1.60 bits per heavy atom. The molecule has 0 aliphatic carbocycles. The lowest BCUT2D eigenvalue weighted by atomic mass is 10.1. The minimum absolute atomic E-state index is 0.0258. The van der Waals surface area contributed by atoms with Gasteiger partial charge in [0.2, 0.25) is 5.91 Å². The molecule has 0 radical (unpaired) electrons. The predicted octanol–water partition coefficient (Wildman–Crippen LogP) is 2.97. The van der Waals surface area contributed by atoms with Crippen LogP contribution in [0.2, 0.25) is 0 Å². The Balaban J connectivity index is 1.22. The van der Waals surface area contributed by atoms with E-state index in [0.717, 1.165) is 24.5 Å². The number of amides is 2. The first-order valence-corrected chi connectivity index (χ1v) is 10.8. The summed E-state index contributed by atoms with van der Waals surface area (Å²) in [5.74, 6) is 1.01. The standard InChI is InChI=1S/C23H30N4O3/c1-18-5-10-21(30-18)23(29)27-15-13-25(14-16-27)17-22(28)24-19-6-8-20(9-7-19)26-11-3-2-4-12-26/h5-10H,2-4,11-17H2,1H3,(H,24,28). The van der Waals surface area contributed by atoms with Crippen molar-refractivity contribution < 1.29 is 14.0 Å². The van der Waals surface area contributed by atoms with E-state index < -0.39 is 0 Å². The van der Waals surface area contributed by atoms with Gasteiger partial charge in [0.1, 0.15) is 5.76 Å². The number of nitrogens with one attached hydrogen (secondary N) is 1. The van der Waals surface area contributed by atoms with E-state index in [1.807, 2.05) is 19.1 Å². The summed E-state index contributed by atoms with van der Waals surface area (Å²) < 4.78 is 5.43. The van der Waals surface area contributed by atoms with Gasteiger partial charge in [-0.15, -0.1) is 0 Å². The molecule has 3 heterocycles. The van der Waals surface area contributed by atoms with Crippen LogP contribution in [0.25, 0.3) is 0 Å². The monoisotopic (exact) mass is 410 g/mol. The molecule has 2 aromatic rings. The summed E-state index contributed by atoms with van der Waals surface area (Å²) in [6.07, 6.45) is 3.81. The number of nitrogens with zero attached hydrogens (tertiary/aromatic N) is 3. The highest BCUT2D eigenvalue weighted by Gasteiger charge is 2.25. The number of hydrogen-bond acceptors (Lipinski definition) is 5. The molecule has 2 fully saturated rings. The van der Waals surface area contributed by atoms with Crippen molar-refractivity contribution in [1.82, 2.24) is 9.80 Å². The summed E-state index contributed by atoms with van der Waals surface area (Å²) in [6.45, 7) is 6.91. The van der Waals surface area contributed by atoms with E-state index in [4.69, 9.17) is 4.42 Å². The van der Waals surface area contributed by atoms with E-state index in [0.29, 0.717) is 38.5 Å². The Morgan fingerprint density at radius 3 is 2.23 bits per heavy atom. The number of rotatable bonds is 5. The Labute approximate surface area is 177 Å². The number of anilines is 2. The van der Waals surface area contributed by atoms with Crippen molar-refractivity contribution in [2.24, 2.45) is 0 Å². The van der Waals surface area contributed by atoms with Crippen molar-refractivity contribution in [3.8, 4) is 0 Å². The summed E-state index contributed by atoms with van der Waals surface area (Å²) in [5, 5.41) is 2.99. The Morgan fingerprint density at radius 1 is 0.900 bits per heavy atom. The fraction of sp³-hybridized carbons (Fsp3) is 0.478. The molecule has 1 aromatic heterocycles. The number of carbonyl (C=O) groups is 2. The molecule has 2 amide bonds. The quantitative estimate of drug-likeness (QED) is 0.821. The van der Waals surface area contributed by atoms with Crippen molar-refractivity contribution >= 4 is 23.2 Å². The third-order valence-electron chi connectivity index (χ3n) is 5.85. The van der Waals surface area contributed by atoms with Gasteiger partial charge in [-0.2, -0.15) is 0 Å². The van der Waals surface area contributed by atoms with Crippen LogP contribution in [0.1, 0.15) is 35.6 Å². The van der Waals surface area contributed by atoms with Crippen LogP contribution in [-0.4, -0.2) is 67.4 Å². The SMILES string of the molecule is Cc1ccc(C(=O)N2CCN(CC(=O)Nc3ccc(N4CCCCC4)cc3)CC2)o1. The van der Waals surface area contributed by atoms with Crippen LogP contribution in [0.4, 0.5) is 11.4 Å². The third-order valence-corrected chi connectivity index (χ3v) is 5.85. The zero-order valence-electron chi connectivity index (χ0n) is 17.6. The van der Waals surface area contributed by atoms with Gasteiger partial charge in [0, 0.05) is 50.6 Å². The van der Waals surface area contributed by atoms with Gasteiger partial charge >= 0.3 is 0 Å². The summed E-state index contributed by atoms with van der Waals surface area (Å²) >= 11 is 0. The first-order chi connectivity index (χ1) is 14.6. The van der Waals surface area contributed by atoms with Crippen molar-refractivity contribution in [3.05, 3.63) is 47.9 Å². The molecule has 1 N–H and O–H groups in total. The average Bonchev–Trinajstić information content (AvgIpc) is 3.21. The summed E-state index contributed by atoms with van der Waals surface area (Å²) in [7, 11) is 0. The van der Waals surface area contributed by atoms with Crippen molar-refractivity contribution in [3.63, 3.8) is 0 Å². The molecular weight excluding hydrogens is 380 g/mol. The van der Waals surface area contributed by atoms with Crippen LogP contribution >= 0.6 is 0 Å². The van der Waals surface area contributed by atoms with E-state index in [1.54, 1.807) is 17.0 Å². The minimum Gasteiger partial charge on any atom is -0.456 e. The normalized spacial score (nSPS) is 17.8. The third kappa shape index (κ3) is 5.02. The highest BCUT2D eigenvalue weighted by atomic mass is 16.3. The van der Waals surface area contributed by atoms with E-state index in [-0.39, 0.29) is 11.8 Å². The fourth-order valence-corrected chi connectivity index (χ4v) is 4.13. The van der Waals surface area contributed by atoms with E-state index >= 15 is 0 Å². The van der Waals surface area contributed by atoms with Crippen LogP contribution in [0.3, 0.4) is 0 Å². The number of piperazine rings is 1. The van der Waals surface area contributed by atoms with Crippen LogP contribution in [0, 0.1) is 6.92 Å². The van der Waals surface area contributed by atoms with Gasteiger partial charge in [0.05, 0.1) is 6.54 Å². The molecule has 7 heteroatoms. The molecular formula is C23H30N4O3. The van der Waals surface area contributed by atoms with Gasteiger partial charge in [0.25, 0.3) is 5.91 Å². The maximum absolute atomic E-state index is 12.5. The Bertz CT molecular complexity index is 863. The molecule has 4 rings (SSSR count). The molecule has 0 atom stereocenters. The van der Waals surface area contributed by atoms with Crippen molar-refractivity contribution in [2.75, 3.05) is 56.0 Å². The second-order valence-electron chi connectivity index (χ2n) is 8.12. The molecule has 30 heavy (non-hydrogen) atoms. The molecule has 2 aliphatic rings. The lowest BCUT2D eigenvalue weighted by molar-refractivity contribution is -0.117. The summed E-state index contributed by atoms with van der Waals surface area (Å²) in [5.41, 5.74) is 2.04. The number of hydrogen-bond donors (Lipinski definition) is 1. The van der Waals surface area contributed by atoms with Gasteiger partial charge in [0.15, 0.2) is 5.76 Å². The van der Waals surface area contributed by atoms with Gasteiger partial charge in [-0.25, -0.2) is 0 Å². The minimum atomic E-state index is -0.0824. The van der Waals surface area contributed by atoms with E-state index in [9.17, 15) is 9.59 Å². The van der Waals surface area contributed by atoms with Crippen LogP contribution in [-0.2, 0) is 4.79 Å². The first-order valence-electron chi connectivity index (χ1n) is 10.8. The molecule has 7 nitrogen and oxygen atoms in total. The molecule has 0 bridgehead atoms. The Kier molecular flexibility index (Phi) is 6.38. The number of aryl methyl sites for hydroxylation is 1. The van der Waals surface area contributed by atoms with E-state index in [2.05, 4.69) is 27.2 Å². The smallest absolute Gasteiger partial charge is 0.289 e. The van der Waals surface area contributed by atoms with Crippen LogP contribution in [0.15, 0.2) is 40.8 Å². The molecule has 2 aliphatic heterocycles. The average molecular weight is 411 g/mol. The van der Waals surface area contributed by atoms with Gasteiger partial charge in [-0.3, -0.25) is 14.5 Å². The molecule has 0 spiro atoms. The summed E-state index contributed by atoms with van der Waals surface area (Å²) in [6, 6.07) is 11.6. The highest BCUT2D eigenvalue weighted by molar-refractivity contribution is 5.93. The maximum atomic E-state index is 12.5. The first kappa shape index (κ1) is 20.5. The topological polar surface area (TPSA) is 69.0 Å². The zero-order valence-corrected chi connectivity index (χ0v) is 17.6.